The summed E-state index contributed by atoms with van der Waals surface area (Å²) in [6.45, 7) is 0.644. The van der Waals surface area contributed by atoms with Crippen LogP contribution in [0.25, 0.3) is 0 Å². The van der Waals surface area contributed by atoms with Gasteiger partial charge in [0.1, 0.15) is 0 Å². The molecule has 124 valence electrons. The minimum Gasteiger partial charge on any atom is -0.377 e. The minimum absolute atomic E-state index is 0.00237. The molecule has 2 aromatic rings. The maximum absolute atomic E-state index is 12.2. The molecule has 1 aliphatic rings. The summed E-state index contributed by atoms with van der Waals surface area (Å²) in [5.41, 5.74) is 1.52. The average Bonchev–Trinajstić information content (AvgIpc) is 3.02. The molecule has 1 aliphatic heterocycles. The number of nitrogens with zero attached hydrogens (tertiary/aromatic N) is 3. The smallest absolute Gasteiger partial charge is 0.235 e. The molecule has 2 heterocycles. The van der Waals surface area contributed by atoms with E-state index >= 15 is 0 Å². The fourth-order valence-corrected chi connectivity index (χ4v) is 3.87. The normalized spacial score (nSPS) is 18.7. The Kier molecular flexibility index (Phi) is 4.87. The molecular weight excluding hydrogens is 318 g/mol. The van der Waals surface area contributed by atoms with Crippen molar-refractivity contribution in [3.63, 3.8) is 0 Å². The molecule has 1 aromatic heterocycles. The second kappa shape index (κ2) is 7.05. The zero-order chi connectivity index (χ0) is 16.1. The van der Waals surface area contributed by atoms with Crippen molar-refractivity contribution < 1.29 is 13.2 Å². The molecule has 1 aromatic carbocycles. The number of aromatic nitrogens is 4. The molecule has 1 atom stereocenters. The molecule has 0 bridgehead atoms. The predicted octanol–water partition coefficient (Wildman–Crippen LogP) is 1.10. The van der Waals surface area contributed by atoms with Crippen LogP contribution in [0, 0.1) is 0 Å². The summed E-state index contributed by atoms with van der Waals surface area (Å²) in [7, 11) is -3.41. The third-order valence-corrected chi connectivity index (χ3v) is 5.02. The fourth-order valence-electron chi connectivity index (χ4n) is 2.54. The molecule has 9 heteroatoms. The monoisotopic (exact) mass is 337 g/mol. The van der Waals surface area contributed by atoms with Gasteiger partial charge in [0, 0.05) is 18.7 Å². The highest BCUT2D eigenvalue weighted by molar-refractivity contribution is 7.92. The molecule has 3 rings (SSSR count). The Labute approximate surface area is 134 Å². The molecule has 2 N–H and O–H groups in total. The molecule has 0 radical (unpaired) electrons. The largest absolute Gasteiger partial charge is 0.377 e. The van der Waals surface area contributed by atoms with Crippen molar-refractivity contribution in [2.45, 2.75) is 31.8 Å². The van der Waals surface area contributed by atoms with Gasteiger partial charge < -0.3 is 4.74 Å². The lowest BCUT2D eigenvalue weighted by Gasteiger charge is -2.22. The maximum Gasteiger partial charge on any atom is 0.235 e. The number of hydrogen-bond donors (Lipinski definition) is 2. The van der Waals surface area contributed by atoms with Gasteiger partial charge in [-0.1, -0.05) is 17.3 Å². The summed E-state index contributed by atoms with van der Waals surface area (Å²) in [6, 6.07) is 7.14. The molecule has 0 aliphatic carbocycles. The van der Waals surface area contributed by atoms with E-state index in [2.05, 4.69) is 25.3 Å². The van der Waals surface area contributed by atoms with Gasteiger partial charge in [0.2, 0.25) is 10.0 Å². The van der Waals surface area contributed by atoms with Crippen LogP contribution in [0.1, 0.15) is 30.7 Å². The zero-order valence-corrected chi connectivity index (χ0v) is 13.4. The van der Waals surface area contributed by atoms with Gasteiger partial charge in [-0.25, -0.2) is 8.42 Å². The molecular formula is C14H19N5O3S. The Hall–Kier alpha value is -2.00. The quantitative estimate of drug-likeness (QED) is 0.817. The Morgan fingerprint density at radius 3 is 2.74 bits per heavy atom. The van der Waals surface area contributed by atoms with Gasteiger partial charge in [0.15, 0.2) is 5.82 Å². The number of aromatic amines is 1. The second-order valence-electron chi connectivity index (χ2n) is 5.57. The van der Waals surface area contributed by atoms with Crippen LogP contribution in [0.4, 0.5) is 5.69 Å². The van der Waals surface area contributed by atoms with Gasteiger partial charge in [-0.15, -0.1) is 10.2 Å². The third-order valence-electron chi connectivity index (χ3n) is 3.66. The highest BCUT2D eigenvalue weighted by atomic mass is 32.2. The van der Waals surface area contributed by atoms with E-state index in [1.54, 1.807) is 12.1 Å². The summed E-state index contributed by atoms with van der Waals surface area (Å²) < 4.78 is 32.5. The van der Waals surface area contributed by atoms with Gasteiger partial charge in [-0.05, 0) is 37.0 Å². The highest BCUT2D eigenvalue weighted by Crippen LogP contribution is 2.17. The van der Waals surface area contributed by atoms with Crippen molar-refractivity contribution >= 4 is 15.7 Å². The molecule has 0 amide bonds. The molecule has 0 spiro atoms. The van der Waals surface area contributed by atoms with Gasteiger partial charge in [0.05, 0.1) is 11.9 Å². The van der Waals surface area contributed by atoms with Crippen LogP contribution in [0.15, 0.2) is 24.3 Å². The first-order valence-electron chi connectivity index (χ1n) is 7.54. The maximum atomic E-state index is 12.2. The number of rotatable bonds is 6. The van der Waals surface area contributed by atoms with E-state index in [-0.39, 0.29) is 11.9 Å². The number of ether oxygens (including phenoxy) is 1. The average molecular weight is 337 g/mol. The molecule has 1 saturated heterocycles. The van der Waals surface area contributed by atoms with Gasteiger partial charge in [-0.2, -0.15) is 5.21 Å². The first-order chi connectivity index (χ1) is 11.1. The van der Waals surface area contributed by atoms with Crippen LogP contribution in [0.5, 0.6) is 0 Å². The van der Waals surface area contributed by atoms with E-state index in [9.17, 15) is 8.42 Å². The number of hydrogen-bond acceptors (Lipinski definition) is 6. The van der Waals surface area contributed by atoms with Crippen LogP contribution in [-0.2, 0) is 21.2 Å². The number of tetrazole rings is 1. The van der Waals surface area contributed by atoms with E-state index in [0.717, 1.165) is 24.8 Å². The number of benzene rings is 1. The van der Waals surface area contributed by atoms with Crippen LogP contribution in [0.2, 0.25) is 0 Å². The van der Waals surface area contributed by atoms with Gasteiger partial charge in [0.25, 0.3) is 0 Å². The van der Waals surface area contributed by atoms with Crippen LogP contribution >= 0.6 is 0 Å². The van der Waals surface area contributed by atoms with Gasteiger partial charge >= 0.3 is 0 Å². The number of sulfonamides is 1. The molecule has 1 unspecified atom stereocenters. The Balaban J connectivity index is 1.58. The predicted molar refractivity (Wildman–Crippen MR) is 84.4 cm³/mol. The van der Waals surface area contributed by atoms with Crippen LogP contribution in [0.3, 0.4) is 0 Å². The van der Waals surface area contributed by atoms with Crippen LogP contribution < -0.4 is 4.72 Å². The van der Waals surface area contributed by atoms with Crippen molar-refractivity contribution in [1.82, 2.24) is 20.6 Å². The summed E-state index contributed by atoms with van der Waals surface area (Å²) in [5, 5.41) is 13.7. The first-order valence-corrected chi connectivity index (χ1v) is 9.19. The number of H-pyrrole nitrogens is 1. The lowest BCUT2D eigenvalue weighted by atomic mass is 10.1. The minimum atomic E-state index is -3.41. The van der Waals surface area contributed by atoms with E-state index in [4.69, 9.17) is 4.74 Å². The van der Waals surface area contributed by atoms with Crippen molar-refractivity contribution in [3.8, 4) is 0 Å². The fraction of sp³-hybridized carbons (Fsp3) is 0.500. The van der Waals surface area contributed by atoms with E-state index in [1.165, 1.54) is 0 Å². The Bertz CT molecular complexity index is 709. The van der Waals surface area contributed by atoms with Crippen molar-refractivity contribution in [3.05, 3.63) is 35.7 Å². The summed E-state index contributed by atoms with van der Waals surface area (Å²) in [4.78, 5) is 0. The summed E-state index contributed by atoms with van der Waals surface area (Å²) >= 11 is 0. The highest BCUT2D eigenvalue weighted by Gasteiger charge is 2.22. The summed E-state index contributed by atoms with van der Waals surface area (Å²) in [5.74, 6) is 0.588. The number of anilines is 1. The van der Waals surface area contributed by atoms with Crippen LogP contribution in [-0.4, -0.2) is 47.5 Å². The van der Waals surface area contributed by atoms with E-state index in [1.807, 2.05) is 12.1 Å². The Morgan fingerprint density at radius 2 is 2.09 bits per heavy atom. The topological polar surface area (TPSA) is 110 Å². The van der Waals surface area contributed by atoms with Crippen molar-refractivity contribution in [2.75, 3.05) is 17.1 Å². The lowest BCUT2D eigenvalue weighted by molar-refractivity contribution is 0.0306. The van der Waals surface area contributed by atoms with E-state index in [0.29, 0.717) is 24.5 Å². The lowest BCUT2D eigenvalue weighted by Crippen LogP contribution is -2.30. The standard InChI is InChI=1S/C14H19N5O3S/c20-23(21,10-13-3-1-2-8-22-13)17-12-6-4-11(5-7-12)9-14-15-18-19-16-14/h4-7,13,17H,1-3,8-10H2,(H,15,16,18,19). The Morgan fingerprint density at radius 1 is 1.26 bits per heavy atom. The van der Waals surface area contributed by atoms with Crippen molar-refractivity contribution in [2.24, 2.45) is 0 Å². The number of nitrogens with one attached hydrogen (secondary N) is 2. The first kappa shape index (κ1) is 15.9. The van der Waals surface area contributed by atoms with Gasteiger partial charge in [-0.3, -0.25) is 4.72 Å². The molecule has 23 heavy (non-hydrogen) atoms. The molecule has 1 fully saturated rings. The van der Waals surface area contributed by atoms with Crippen molar-refractivity contribution in [1.29, 1.82) is 0 Å². The van der Waals surface area contributed by atoms with E-state index < -0.39 is 10.0 Å². The summed E-state index contributed by atoms with van der Waals surface area (Å²) in [6.07, 6.45) is 3.15. The SMILES string of the molecule is O=S(=O)(CC1CCCCO1)Nc1ccc(Cc2nn[nH]n2)cc1. The molecule has 8 nitrogen and oxygen atoms in total. The second-order valence-corrected chi connectivity index (χ2v) is 7.34. The zero-order valence-electron chi connectivity index (χ0n) is 12.6. The molecule has 0 saturated carbocycles. The third kappa shape index (κ3) is 4.73.